The van der Waals surface area contributed by atoms with Crippen molar-refractivity contribution in [1.82, 2.24) is 5.32 Å². The molecule has 1 aliphatic heterocycles. The Hall–Kier alpha value is -1.17. The van der Waals surface area contributed by atoms with Gasteiger partial charge in [0.2, 0.25) is 0 Å². The van der Waals surface area contributed by atoms with Crippen molar-refractivity contribution in [2.45, 2.75) is 44.9 Å². The van der Waals surface area contributed by atoms with Crippen LogP contribution in [0.15, 0.2) is 18.2 Å². The van der Waals surface area contributed by atoms with E-state index in [-0.39, 0.29) is 18.0 Å². The fourth-order valence-corrected chi connectivity index (χ4v) is 2.81. The molecule has 0 bridgehead atoms. The number of aliphatic hydroxyl groups excluding tert-OH is 1. The Kier molecular flexibility index (Phi) is 6.61. The number of halogens is 1. The minimum absolute atomic E-state index is 0.185. The van der Waals surface area contributed by atoms with Gasteiger partial charge in [-0.25, -0.2) is 4.39 Å². The summed E-state index contributed by atoms with van der Waals surface area (Å²) < 4.78 is 19.5. The molecule has 22 heavy (non-hydrogen) atoms. The molecule has 1 aromatic carbocycles. The topological polar surface area (TPSA) is 44.7 Å². The molecule has 2 rings (SSSR count). The first-order valence-electron chi connectivity index (χ1n) is 8.07. The van der Waals surface area contributed by atoms with E-state index < -0.39 is 0 Å². The first-order valence-corrected chi connectivity index (χ1v) is 8.07. The average molecular weight is 310 g/mol. The van der Waals surface area contributed by atoms with Gasteiger partial charge in [0.15, 0.2) is 0 Å². The van der Waals surface area contributed by atoms with Crippen LogP contribution in [0.5, 0.6) is 0 Å². The Morgan fingerprint density at radius 3 is 2.73 bits per heavy atom. The van der Waals surface area contributed by atoms with Gasteiger partial charge in [-0.15, -0.1) is 0 Å². The molecular formula is C17H27FN2O2. The number of nitrogens with one attached hydrogen (secondary N) is 1. The summed E-state index contributed by atoms with van der Waals surface area (Å²) in [6.45, 7) is 4.82. The molecule has 1 unspecified atom stereocenters. The van der Waals surface area contributed by atoms with E-state index in [1.807, 2.05) is 17.0 Å². The van der Waals surface area contributed by atoms with Gasteiger partial charge in [-0.05, 0) is 37.0 Å². The number of hydrogen-bond acceptors (Lipinski definition) is 4. The summed E-state index contributed by atoms with van der Waals surface area (Å²) >= 11 is 0. The summed E-state index contributed by atoms with van der Waals surface area (Å²) in [6.07, 6.45) is 2.15. The van der Waals surface area contributed by atoms with Gasteiger partial charge in [0.05, 0.1) is 18.4 Å². The van der Waals surface area contributed by atoms with Crippen LogP contribution in [0.4, 0.5) is 10.1 Å². The number of aliphatic hydroxyl groups is 1. The Bertz CT molecular complexity index is 462. The van der Waals surface area contributed by atoms with E-state index in [9.17, 15) is 9.50 Å². The number of piperidine rings is 1. The highest BCUT2D eigenvalue weighted by molar-refractivity contribution is 5.49. The monoisotopic (exact) mass is 310 g/mol. The molecule has 0 aliphatic carbocycles. The lowest BCUT2D eigenvalue weighted by atomic mass is 10.1. The molecule has 5 heteroatoms. The third-order valence-corrected chi connectivity index (χ3v) is 4.27. The molecule has 1 heterocycles. The lowest BCUT2D eigenvalue weighted by Crippen LogP contribution is -2.36. The molecule has 1 atom stereocenters. The van der Waals surface area contributed by atoms with Crippen LogP contribution in [0.3, 0.4) is 0 Å². The number of methoxy groups -OCH3 is 1. The third-order valence-electron chi connectivity index (χ3n) is 4.27. The van der Waals surface area contributed by atoms with Crippen molar-refractivity contribution in [3.05, 3.63) is 29.6 Å². The summed E-state index contributed by atoms with van der Waals surface area (Å²) in [5.74, 6) is -0.185. The van der Waals surface area contributed by atoms with Crippen LogP contribution < -0.4 is 10.2 Å². The van der Waals surface area contributed by atoms with Crippen molar-refractivity contribution >= 4 is 5.69 Å². The van der Waals surface area contributed by atoms with E-state index in [1.165, 1.54) is 0 Å². The summed E-state index contributed by atoms with van der Waals surface area (Å²) in [6, 6.07) is 5.71. The first kappa shape index (κ1) is 17.2. The van der Waals surface area contributed by atoms with Gasteiger partial charge in [0.1, 0.15) is 5.82 Å². The van der Waals surface area contributed by atoms with Gasteiger partial charge in [-0.3, -0.25) is 0 Å². The van der Waals surface area contributed by atoms with Crippen LogP contribution >= 0.6 is 0 Å². The number of anilines is 1. The van der Waals surface area contributed by atoms with Gasteiger partial charge in [-0.2, -0.15) is 0 Å². The zero-order chi connectivity index (χ0) is 15.9. The van der Waals surface area contributed by atoms with Crippen molar-refractivity contribution in [2.24, 2.45) is 0 Å². The Morgan fingerprint density at radius 1 is 1.41 bits per heavy atom. The van der Waals surface area contributed by atoms with Crippen LogP contribution in [-0.2, 0) is 11.3 Å². The van der Waals surface area contributed by atoms with Gasteiger partial charge in [-0.1, -0.05) is 13.0 Å². The van der Waals surface area contributed by atoms with Crippen LogP contribution in [-0.4, -0.2) is 44.1 Å². The fraction of sp³-hybridized carbons (Fsp3) is 0.647. The summed E-state index contributed by atoms with van der Waals surface area (Å²) in [7, 11) is 1.69. The SMILES string of the molecule is CCC(COC)NCc1ccc(N2CCC(O)CC2)c(F)c1. The van der Waals surface area contributed by atoms with Gasteiger partial charge >= 0.3 is 0 Å². The molecule has 0 aromatic heterocycles. The van der Waals surface area contributed by atoms with Crippen LogP contribution in [0, 0.1) is 5.82 Å². The zero-order valence-corrected chi connectivity index (χ0v) is 13.5. The highest BCUT2D eigenvalue weighted by atomic mass is 19.1. The normalized spacial score (nSPS) is 17.7. The summed E-state index contributed by atoms with van der Waals surface area (Å²) in [5, 5.41) is 12.9. The Labute approximate surface area is 132 Å². The molecule has 1 fully saturated rings. The third kappa shape index (κ3) is 4.66. The largest absolute Gasteiger partial charge is 0.393 e. The minimum Gasteiger partial charge on any atom is -0.393 e. The maximum absolute atomic E-state index is 14.3. The quantitative estimate of drug-likeness (QED) is 0.811. The minimum atomic E-state index is -0.241. The molecular weight excluding hydrogens is 283 g/mol. The lowest BCUT2D eigenvalue weighted by molar-refractivity contribution is 0.145. The predicted octanol–water partition coefficient (Wildman–Crippen LogP) is 2.30. The maximum atomic E-state index is 14.3. The standard InChI is InChI=1S/C17H27FN2O2/c1-3-14(12-22-2)19-11-13-4-5-17(16(18)10-13)20-8-6-15(21)7-9-20/h4-5,10,14-15,19,21H,3,6-9,11-12H2,1-2H3. The molecule has 1 aliphatic rings. The van der Waals surface area contributed by atoms with Crippen LogP contribution in [0.25, 0.3) is 0 Å². The molecule has 0 amide bonds. The van der Waals surface area contributed by atoms with Gasteiger partial charge in [0, 0.05) is 32.8 Å². The average Bonchev–Trinajstić information content (AvgIpc) is 2.52. The van der Waals surface area contributed by atoms with Crippen molar-refractivity contribution in [3.63, 3.8) is 0 Å². The summed E-state index contributed by atoms with van der Waals surface area (Å²) in [4.78, 5) is 2.01. The number of benzene rings is 1. The number of rotatable bonds is 7. The second kappa shape index (κ2) is 8.46. The number of nitrogens with zero attached hydrogens (tertiary/aromatic N) is 1. The highest BCUT2D eigenvalue weighted by Crippen LogP contribution is 2.24. The molecule has 4 nitrogen and oxygen atoms in total. The van der Waals surface area contributed by atoms with Crippen LogP contribution in [0.2, 0.25) is 0 Å². The lowest BCUT2D eigenvalue weighted by Gasteiger charge is -2.31. The van der Waals surface area contributed by atoms with Crippen LogP contribution in [0.1, 0.15) is 31.7 Å². The van der Waals surface area contributed by atoms with Crippen molar-refractivity contribution in [2.75, 3.05) is 31.7 Å². The first-order chi connectivity index (χ1) is 10.6. The Morgan fingerprint density at radius 2 is 2.14 bits per heavy atom. The van der Waals surface area contributed by atoms with E-state index in [4.69, 9.17) is 4.74 Å². The van der Waals surface area contributed by atoms with E-state index in [0.29, 0.717) is 44.8 Å². The fourth-order valence-electron chi connectivity index (χ4n) is 2.81. The van der Waals surface area contributed by atoms with E-state index in [2.05, 4.69) is 12.2 Å². The number of hydrogen-bond donors (Lipinski definition) is 2. The molecule has 0 saturated carbocycles. The second-order valence-corrected chi connectivity index (χ2v) is 5.95. The molecule has 1 aromatic rings. The highest BCUT2D eigenvalue weighted by Gasteiger charge is 2.19. The number of ether oxygens (including phenoxy) is 1. The molecule has 0 spiro atoms. The van der Waals surface area contributed by atoms with Crippen molar-refractivity contribution in [3.8, 4) is 0 Å². The van der Waals surface area contributed by atoms with E-state index in [1.54, 1.807) is 13.2 Å². The molecule has 1 saturated heterocycles. The molecule has 2 N–H and O–H groups in total. The summed E-state index contributed by atoms with van der Waals surface area (Å²) in [5.41, 5.74) is 1.58. The Balaban J connectivity index is 1.94. The van der Waals surface area contributed by atoms with Gasteiger partial charge in [0.25, 0.3) is 0 Å². The smallest absolute Gasteiger partial charge is 0.146 e. The predicted molar refractivity (Wildman–Crippen MR) is 86.6 cm³/mol. The molecule has 124 valence electrons. The maximum Gasteiger partial charge on any atom is 0.146 e. The van der Waals surface area contributed by atoms with E-state index >= 15 is 0 Å². The van der Waals surface area contributed by atoms with Crippen molar-refractivity contribution < 1.29 is 14.2 Å². The second-order valence-electron chi connectivity index (χ2n) is 5.95. The van der Waals surface area contributed by atoms with Gasteiger partial charge < -0.3 is 20.1 Å². The van der Waals surface area contributed by atoms with Crippen molar-refractivity contribution in [1.29, 1.82) is 0 Å². The zero-order valence-electron chi connectivity index (χ0n) is 13.5. The van der Waals surface area contributed by atoms with E-state index in [0.717, 1.165) is 12.0 Å². The molecule has 0 radical (unpaired) electrons.